The highest BCUT2D eigenvalue weighted by Crippen LogP contribution is 2.27. The monoisotopic (exact) mass is 306 g/mol. The number of aromatic nitrogens is 2. The fourth-order valence-corrected chi connectivity index (χ4v) is 3.93. The van der Waals surface area contributed by atoms with Crippen molar-refractivity contribution < 1.29 is 4.79 Å². The Morgan fingerprint density at radius 3 is 2.86 bits per heavy atom. The van der Waals surface area contributed by atoms with Crippen LogP contribution in [-0.4, -0.2) is 32.7 Å². The van der Waals surface area contributed by atoms with Crippen molar-refractivity contribution in [3.63, 3.8) is 0 Å². The predicted molar refractivity (Wildman–Crippen MR) is 84.3 cm³/mol. The van der Waals surface area contributed by atoms with Crippen LogP contribution in [0.4, 0.5) is 0 Å². The first-order valence-corrected chi connectivity index (χ1v) is 8.58. The number of amides is 1. The highest BCUT2D eigenvalue weighted by molar-refractivity contribution is 7.99. The Hall–Kier alpha value is -1.48. The summed E-state index contributed by atoms with van der Waals surface area (Å²) < 4.78 is 1.93. The van der Waals surface area contributed by atoms with E-state index in [-0.39, 0.29) is 5.91 Å². The fourth-order valence-electron chi connectivity index (χ4n) is 2.66. The first-order valence-electron chi connectivity index (χ1n) is 7.43. The van der Waals surface area contributed by atoms with Gasteiger partial charge in [0.2, 0.25) is 0 Å². The maximum atomic E-state index is 12.4. The van der Waals surface area contributed by atoms with Gasteiger partial charge in [-0.1, -0.05) is 13.8 Å². The lowest BCUT2D eigenvalue weighted by Crippen LogP contribution is -2.47. The van der Waals surface area contributed by atoms with Crippen LogP contribution in [0.1, 0.15) is 55.3 Å². The number of nitriles is 1. The van der Waals surface area contributed by atoms with E-state index in [1.165, 1.54) is 0 Å². The second kappa shape index (κ2) is 6.52. The Morgan fingerprint density at radius 2 is 2.33 bits per heavy atom. The molecule has 1 aromatic rings. The molecule has 21 heavy (non-hydrogen) atoms. The Labute approximate surface area is 130 Å². The van der Waals surface area contributed by atoms with Gasteiger partial charge < -0.3 is 5.32 Å². The highest BCUT2D eigenvalue weighted by Gasteiger charge is 2.36. The molecule has 1 aliphatic rings. The highest BCUT2D eigenvalue weighted by atomic mass is 32.2. The summed E-state index contributed by atoms with van der Waals surface area (Å²) in [7, 11) is 0. The number of aryl methyl sites for hydroxylation is 1. The Bertz CT molecular complexity index is 551. The zero-order chi connectivity index (χ0) is 15.5. The minimum Gasteiger partial charge on any atom is -0.332 e. The van der Waals surface area contributed by atoms with Crippen molar-refractivity contribution in [2.24, 2.45) is 0 Å². The molecule has 0 radical (unpaired) electrons. The Kier molecular flexibility index (Phi) is 4.94. The predicted octanol–water partition coefficient (Wildman–Crippen LogP) is 2.68. The molecule has 2 rings (SSSR count). The van der Waals surface area contributed by atoms with Gasteiger partial charge in [-0.2, -0.15) is 22.1 Å². The van der Waals surface area contributed by atoms with E-state index in [0.29, 0.717) is 23.9 Å². The molecule has 0 saturated carbocycles. The second-order valence-corrected chi connectivity index (χ2v) is 6.64. The van der Waals surface area contributed by atoms with E-state index in [2.05, 4.69) is 30.3 Å². The van der Waals surface area contributed by atoms with Gasteiger partial charge in [0.25, 0.3) is 5.91 Å². The van der Waals surface area contributed by atoms with Crippen LogP contribution in [0, 0.1) is 18.3 Å². The average molecular weight is 306 g/mol. The molecule has 1 aromatic heterocycles. The molecule has 0 aromatic carbocycles. The normalized spacial score (nSPS) is 21.5. The van der Waals surface area contributed by atoms with Gasteiger partial charge in [0.1, 0.15) is 11.2 Å². The van der Waals surface area contributed by atoms with E-state index < -0.39 is 5.54 Å². The summed E-state index contributed by atoms with van der Waals surface area (Å²) >= 11 is 1.70. The summed E-state index contributed by atoms with van der Waals surface area (Å²) in [6.07, 6.45) is 2.67. The number of carbonyl (C=O) groups is 1. The van der Waals surface area contributed by atoms with Crippen molar-refractivity contribution in [2.45, 2.75) is 51.6 Å². The van der Waals surface area contributed by atoms with Crippen molar-refractivity contribution >= 4 is 17.7 Å². The molecule has 0 aliphatic carbocycles. The number of hydrogen-bond acceptors (Lipinski definition) is 4. The molecule has 1 N–H and O–H groups in total. The minimum absolute atomic E-state index is 0.244. The summed E-state index contributed by atoms with van der Waals surface area (Å²) in [6, 6.07) is 4.38. The molecule has 6 heteroatoms. The number of thioether (sulfide) groups is 1. The molecular formula is C15H22N4OS. The van der Waals surface area contributed by atoms with Crippen LogP contribution in [0.3, 0.4) is 0 Å². The van der Waals surface area contributed by atoms with Gasteiger partial charge in [0.15, 0.2) is 0 Å². The van der Waals surface area contributed by atoms with Crippen LogP contribution in [0.5, 0.6) is 0 Å². The van der Waals surface area contributed by atoms with Crippen molar-refractivity contribution in [3.8, 4) is 6.07 Å². The molecule has 114 valence electrons. The molecule has 1 amide bonds. The second-order valence-electron chi connectivity index (χ2n) is 5.54. The number of nitrogens with zero attached hydrogens (tertiary/aromatic N) is 3. The number of rotatable bonds is 5. The standard InChI is InChI=1S/C15H22N4OS/c1-4-12(5-2)19-11(3)8-13(18-19)14(20)17-15(9-16)6-7-21-10-15/h8,12H,4-7,10H2,1-3H3,(H,17,20). The van der Waals surface area contributed by atoms with Gasteiger partial charge in [-0.3, -0.25) is 9.48 Å². The van der Waals surface area contributed by atoms with Crippen molar-refractivity contribution in [3.05, 3.63) is 17.5 Å². The molecular weight excluding hydrogens is 284 g/mol. The Morgan fingerprint density at radius 1 is 1.62 bits per heavy atom. The number of hydrogen-bond donors (Lipinski definition) is 1. The lowest BCUT2D eigenvalue weighted by atomic mass is 10.0. The molecule has 1 fully saturated rings. The van der Waals surface area contributed by atoms with Crippen molar-refractivity contribution in [1.29, 1.82) is 5.26 Å². The van der Waals surface area contributed by atoms with Gasteiger partial charge >= 0.3 is 0 Å². The van der Waals surface area contributed by atoms with Gasteiger partial charge in [-0.15, -0.1) is 0 Å². The largest absolute Gasteiger partial charge is 0.332 e. The van der Waals surface area contributed by atoms with E-state index >= 15 is 0 Å². The SMILES string of the molecule is CCC(CC)n1nc(C(=O)NC2(C#N)CCSC2)cc1C. The summed E-state index contributed by atoms with van der Waals surface area (Å²) in [5, 5.41) is 16.7. The maximum absolute atomic E-state index is 12.4. The molecule has 2 heterocycles. The molecule has 1 saturated heterocycles. The van der Waals surface area contributed by atoms with Crippen LogP contribution in [-0.2, 0) is 0 Å². The fraction of sp³-hybridized carbons (Fsp3) is 0.667. The summed E-state index contributed by atoms with van der Waals surface area (Å²) in [5.41, 5.74) is 0.667. The molecule has 1 atom stereocenters. The maximum Gasteiger partial charge on any atom is 0.273 e. The van der Waals surface area contributed by atoms with Crippen LogP contribution in [0.25, 0.3) is 0 Å². The molecule has 1 unspecified atom stereocenters. The van der Waals surface area contributed by atoms with Crippen molar-refractivity contribution in [1.82, 2.24) is 15.1 Å². The van der Waals surface area contributed by atoms with Crippen molar-refractivity contribution in [2.75, 3.05) is 11.5 Å². The smallest absolute Gasteiger partial charge is 0.273 e. The topological polar surface area (TPSA) is 70.7 Å². The number of carbonyl (C=O) groups excluding carboxylic acids is 1. The van der Waals surface area contributed by atoms with Crippen LogP contribution < -0.4 is 5.32 Å². The van der Waals surface area contributed by atoms with E-state index in [1.54, 1.807) is 17.8 Å². The molecule has 5 nitrogen and oxygen atoms in total. The van der Waals surface area contributed by atoms with Crippen LogP contribution >= 0.6 is 11.8 Å². The van der Waals surface area contributed by atoms with Gasteiger partial charge in [0, 0.05) is 11.4 Å². The lowest BCUT2D eigenvalue weighted by Gasteiger charge is -2.20. The number of nitrogens with one attached hydrogen (secondary N) is 1. The van der Waals surface area contributed by atoms with Crippen LogP contribution in [0.2, 0.25) is 0 Å². The van der Waals surface area contributed by atoms with E-state index in [4.69, 9.17) is 0 Å². The Balaban J connectivity index is 2.17. The van der Waals surface area contributed by atoms with E-state index in [1.807, 2.05) is 11.6 Å². The summed E-state index contributed by atoms with van der Waals surface area (Å²) in [5.74, 6) is 1.32. The molecule has 0 spiro atoms. The lowest BCUT2D eigenvalue weighted by molar-refractivity contribution is 0.0919. The van der Waals surface area contributed by atoms with E-state index in [9.17, 15) is 10.1 Å². The van der Waals surface area contributed by atoms with Gasteiger partial charge in [-0.25, -0.2) is 0 Å². The third-order valence-electron chi connectivity index (χ3n) is 4.03. The summed E-state index contributed by atoms with van der Waals surface area (Å²) in [4.78, 5) is 12.4. The third kappa shape index (κ3) is 3.24. The zero-order valence-electron chi connectivity index (χ0n) is 12.8. The first-order chi connectivity index (χ1) is 10.0. The quantitative estimate of drug-likeness (QED) is 0.908. The summed E-state index contributed by atoms with van der Waals surface area (Å²) in [6.45, 7) is 6.21. The average Bonchev–Trinajstić information content (AvgIpc) is 3.09. The zero-order valence-corrected chi connectivity index (χ0v) is 13.7. The molecule has 1 aliphatic heterocycles. The minimum atomic E-state index is -0.728. The first kappa shape index (κ1) is 15.9. The van der Waals surface area contributed by atoms with E-state index in [0.717, 1.165) is 24.3 Å². The van der Waals surface area contributed by atoms with Gasteiger partial charge in [-0.05, 0) is 38.0 Å². The third-order valence-corrected chi connectivity index (χ3v) is 5.22. The van der Waals surface area contributed by atoms with Crippen LogP contribution in [0.15, 0.2) is 6.07 Å². The van der Waals surface area contributed by atoms with Gasteiger partial charge in [0.05, 0.1) is 12.1 Å². The molecule has 0 bridgehead atoms.